The first-order valence-electron chi connectivity index (χ1n) is 7.04. The fourth-order valence-electron chi connectivity index (χ4n) is 2.17. The van der Waals surface area contributed by atoms with Crippen molar-refractivity contribution < 1.29 is 9.59 Å². The van der Waals surface area contributed by atoms with E-state index in [-0.39, 0.29) is 0 Å². The van der Waals surface area contributed by atoms with Gasteiger partial charge in [-0.3, -0.25) is 10.1 Å². The molecule has 1 aromatic carbocycles. The summed E-state index contributed by atoms with van der Waals surface area (Å²) in [4.78, 5) is 30.3. The van der Waals surface area contributed by atoms with Crippen LogP contribution in [0.15, 0.2) is 48.7 Å². The Bertz CT molecular complexity index is 702. The molecule has 0 aliphatic carbocycles. The van der Waals surface area contributed by atoms with Crippen LogP contribution in [0.1, 0.15) is 17.3 Å². The van der Waals surface area contributed by atoms with Gasteiger partial charge in [0.1, 0.15) is 0 Å². The van der Waals surface area contributed by atoms with Gasteiger partial charge in [0.05, 0.1) is 5.69 Å². The summed E-state index contributed by atoms with van der Waals surface area (Å²) in [5.41, 5.74) is 1.02. The Morgan fingerprint density at radius 2 is 1.91 bits per heavy atom. The monoisotopic (exact) mass is 296 g/mol. The number of carbonyl (C=O) groups excluding carboxylic acids is 2. The van der Waals surface area contributed by atoms with Gasteiger partial charge in [-0.25, -0.2) is 9.78 Å². The van der Waals surface area contributed by atoms with Crippen LogP contribution in [0.3, 0.4) is 0 Å². The fourth-order valence-corrected chi connectivity index (χ4v) is 2.17. The Hall–Kier alpha value is -2.89. The van der Waals surface area contributed by atoms with E-state index in [2.05, 4.69) is 27.4 Å². The number of urea groups is 1. The highest BCUT2D eigenvalue weighted by molar-refractivity contribution is 6.08. The summed E-state index contributed by atoms with van der Waals surface area (Å²) in [5.74, 6) is 0.279. The summed E-state index contributed by atoms with van der Waals surface area (Å²) in [6.45, 7) is 2.99. The van der Waals surface area contributed by atoms with Crippen molar-refractivity contribution in [3.63, 3.8) is 0 Å². The Labute approximate surface area is 128 Å². The average Bonchev–Trinajstić information content (AvgIpc) is 3.25. The lowest BCUT2D eigenvalue weighted by Crippen LogP contribution is -2.34. The third kappa shape index (κ3) is 3.06. The van der Waals surface area contributed by atoms with E-state index in [0.29, 0.717) is 17.3 Å². The summed E-state index contributed by atoms with van der Waals surface area (Å²) >= 11 is 0. The standard InChI is InChI=1S/C16H16N4O2/c1-11-10-20(11)14-13(8-5-9-17-14)18-16(22)19-15(21)12-6-3-2-4-7-12/h2-9,11H,10H2,1H3,(H2,18,19,21,22). The Morgan fingerprint density at radius 1 is 1.18 bits per heavy atom. The van der Waals surface area contributed by atoms with Crippen molar-refractivity contribution in [1.29, 1.82) is 0 Å². The Morgan fingerprint density at radius 3 is 2.59 bits per heavy atom. The molecule has 2 heterocycles. The van der Waals surface area contributed by atoms with Gasteiger partial charge in [-0.05, 0) is 31.2 Å². The van der Waals surface area contributed by atoms with E-state index in [1.807, 2.05) is 6.07 Å². The molecule has 1 aliphatic heterocycles. The highest BCUT2D eigenvalue weighted by Gasteiger charge is 2.32. The molecule has 1 aliphatic rings. The van der Waals surface area contributed by atoms with Crippen LogP contribution >= 0.6 is 0 Å². The highest BCUT2D eigenvalue weighted by Crippen LogP contribution is 2.31. The predicted molar refractivity (Wildman–Crippen MR) is 84.0 cm³/mol. The smallest absolute Gasteiger partial charge is 0.326 e. The molecule has 0 saturated carbocycles. The van der Waals surface area contributed by atoms with Crippen LogP contribution in [0.4, 0.5) is 16.3 Å². The number of hydrogen-bond donors (Lipinski definition) is 2. The van der Waals surface area contributed by atoms with Crippen molar-refractivity contribution in [3.05, 3.63) is 54.2 Å². The van der Waals surface area contributed by atoms with E-state index in [1.54, 1.807) is 42.6 Å². The quantitative estimate of drug-likeness (QED) is 0.852. The number of nitrogens with one attached hydrogen (secondary N) is 2. The van der Waals surface area contributed by atoms with E-state index in [1.165, 1.54) is 0 Å². The van der Waals surface area contributed by atoms with Crippen molar-refractivity contribution in [2.24, 2.45) is 0 Å². The highest BCUT2D eigenvalue weighted by atomic mass is 16.2. The topological polar surface area (TPSA) is 74.1 Å². The lowest BCUT2D eigenvalue weighted by atomic mass is 10.2. The third-order valence-corrected chi connectivity index (χ3v) is 3.43. The van der Waals surface area contributed by atoms with Crippen LogP contribution in [0, 0.1) is 0 Å². The van der Waals surface area contributed by atoms with E-state index >= 15 is 0 Å². The summed E-state index contributed by atoms with van der Waals surface area (Å²) in [5, 5.41) is 4.99. The van der Waals surface area contributed by atoms with E-state index < -0.39 is 11.9 Å². The molecule has 1 saturated heterocycles. The summed E-state index contributed by atoms with van der Waals surface area (Å²) in [6.07, 6.45) is 1.68. The van der Waals surface area contributed by atoms with Crippen molar-refractivity contribution >= 4 is 23.4 Å². The number of benzene rings is 1. The Balaban J connectivity index is 1.66. The normalized spacial score (nSPS) is 16.0. The summed E-state index contributed by atoms with van der Waals surface area (Å²) in [6, 6.07) is 11.9. The molecule has 0 spiro atoms. The van der Waals surface area contributed by atoms with Gasteiger partial charge in [0, 0.05) is 24.3 Å². The zero-order chi connectivity index (χ0) is 15.5. The second-order valence-electron chi connectivity index (χ2n) is 5.15. The van der Waals surface area contributed by atoms with Gasteiger partial charge < -0.3 is 10.2 Å². The minimum absolute atomic E-state index is 0.421. The van der Waals surface area contributed by atoms with Crippen LogP contribution in [-0.4, -0.2) is 29.5 Å². The molecule has 1 atom stereocenters. The van der Waals surface area contributed by atoms with Crippen molar-refractivity contribution in [2.45, 2.75) is 13.0 Å². The maximum atomic E-state index is 12.0. The molecular formula is C16H16N4O2. The number of rotatable bonds is 3. The molecule has 3 rings (SSSR count). The van der Waals surface area contributed by atoms with Crippen molar-refractivity contribution in [1.82, 2.24) is 10.3 Å². The van der Waals surface area contributed by atoms with Crippen LogP contribution in [0.5, 0.6) is 0 Å². The van der Waals surface area contributed by atoms with Gasteiger partial charge >= 0.3 is 6.03 Å². The number of carbonyl (C=O) groups is 2. The van der Waals surface area contributed by atoms with Crippen LogP contribution in [0.2, 0.25) is 0 Å². The van der Waals surface area contributed by atoms with Gasteiger partial charge in [-0.15, -0.1) is 0 Å². The van der Waals surface area contributed by atoms with Crippen molar-refractivity contribution in [3.8, 4) is 0 Å². The van der Waals surface area contributed by atoms with Crippen molar-refractivity contribution in [2.75, 3.05) is 16.8 Å². The first-order chi connectivity index (χ1) is 10.6. The largest absolute Gasteiger partial charge is 0.348 e. The maximum absolute atomic E-state index is 12.0. The molecule has 2 N–H and O–H groups in total. The van der Waals surface area contributed by atoms with Gasteiger partial charge in [0.2, 0.25) is 0 Å². The van der Waals surface area contributed by atoms with Crippen LogP contribution < -0.4 is 15.5 Å². The van der Waals surface area contributed by atoms with E-state index in [9.17, 15) is 9.59 Å². The number of aromatic nitrogens is 1. The van der Waals surface area contributed by atoms with E-state index in [4.69, 9.17) is 0 Å². The molecule has 0 radical (unpaired) electrons. The fraction of sp³-hybridized carbons (Fsp3) is 0.188. The summed E-state index contributed by atoms with van der Waals surface area (Å²) in [7, 11) is 0. The number of pyridine rings is 1. The zero-order valence-electron chi connectivity index (χ0n) is 12.1. The lowest BCUT2D eigenvalue weighted by Gasteiger charge is -2.11. The molecule has 3 amide bonds. The molecule has 22 heavy (non-hydrogen) atoms. The lowest BCUT2D eigenvalue weighted by molar-refractivity contribution is 0.0967. The van der Waals surface area contributed by atoms with Gasteiger partial charge in [-0.2, -0.15) is 0 Å². The minimum atomic E-state index is -0.572. The number of hydrogen-bond acceptors (Lipinski definition) is 4. The third-order valence-electron chi connectivity index (χ3n) is 3.43. The molecule has 6 heteroatoms. The number of amides is 3. The number of imide groups is 1. The number of anilines is 2. The van der Waals surface area contributed by atoms with Gasteiger partial charge in [0.15, 0.2) is 5.82 Å². The molecule has 1 unspecified atom stereocenters. The van der Waals surface area contributed by atoms with Gasteiger partial charge in [0.25, 0.3) is 5.91 Å². The van der Waals surface area contributed by atoms with Crippen LogP contribution in [0.25, 0.3) is 0 Å². The molecule has 1 aromatic heterocycles. The zero-order valence-corrected chi connectivity index (χ0v) is 12.1. The van der Waals surface area contributed by atoms with Gasteiger partial charge in [-0.1, -0.05) is 18.2 Å². The first-order valence-corrected chi connectivity index (χ1v) is 7.04. The molecule has 6 nitrogen and oxygen atoms in total. The maximum Gasteiger partial charge on any atom is 0.326 e. The summed E-state index contributed by atoms with van der Waals surface area (Å²) < 4.78 is 0. The SMILES string of the molecule is CC1CN1c1ncccc1NC(=O)NC(=O)c1ccccc1. The predicted octanol–water partition coefficient (Wildman–Crippen LogP) is 2.25. The molecular weight excluding hydrogens is 280 g/mol. The molecule has 1 fully saturated rings. The van der Waals surface area contributed by atoms with Crippen LogP contribution in [-0.2, 0) is 0 Å². The first kappa shape index (κ1) is 14.1. The van der Waals surface area contributed by atoms with E-state index in [0.717, 1.165) is 12.4 Å². The second kappa shape index (κ2) is 5.85. The number of nitrogens with zero attached hydrogens (tertiary/aromatic N) is 2. The molecule has 112 valence electrons. The second-order valence-corrected chi connectivity index (χ2v) is 5.15. The Kier molecular flexibility index (Phi) is 3.74. The average molecular weight is 296 g/mol. The molecule has 2 aromatic rings. The molecule has 0 bridgehead atoms. The minimum Gasteiger partial charge on any atom is -0.348 e.